The van der Waals surface area contributed by atoms with Crippen LogP contribution in [-0.4, -0.2) is 30.3 Å². The van der Waals surface area contributed by atoms with Gasteiger partial charge in [0.15, 0.2) is 0 Å². The lowest BCUT2D eigenvalue weighted by Gasteiger charge is -2.05. The number of aromatic nitrogens is 6. The van der Waals surface area contributed by atoms with Crippen molar-refractivity contribution in [2.24, 2.45) is 0 Å². The van der Waals surface area contributed by atoms with Crippen molar-refractivity contribution in [3.63, 3.8) is 0 Å². The first-order valence-electron chi connectivity index (χ1n) is 7.15. The molecule has 1 atom stereocenters. The summed E-state index contributed by atoms with van der Waals surface area (Å²) in [5.41, 5.74) is 0.942. The molecule has 0 amide bonds. The van der Waals surface area contributed by atoms with Crippen LogP contribution in [0.5, 0.6) is 0 Å². The van der Waals surface area contributed by atoms with Gasteiger partial charge in [0.1, 0.15) is 0 Å². The highest BCUT2D eigenvalue weighted by atomic mass is 32.2. The van der Waals surface area contributed by atoms with Crippen molar-refractivity contribution in [1.82, 2.24) is 30.3 Å². The molecule has 0 N–H and O–H groups in total. The Morgan fingerprint density at radius 1 is 1.27 bits per heavy atom. The maximum absolute atomic E-state index is 5.39. The van der Waals surface area contributed by atoms with Crippen LogP contribution in [0.1, 0.15) is 36.9 Å². The summed E-state index contributed by atoms with van der Waals surface area (Å²) in [4.78, 5) is 4.47. The van der Waals surface area contributed by atoms with E-state index in [1.54, 1.807) is 0 Å². The molecule has 2 heterocycles. The topological polar surface area (TPSA) is 82.5 Å². The molecule has 0 aliphatic heterocycles. The highest BCUT2D eigenvalue weighted by Crippen LogP contribution is 2.39. The third-order valence-electron chi connectivity index (χ3n) is 3.46. The molecular weight excluding hydrogens is 300 g/mol. The van der Waals surface area contributed by atoms with Gasteiger partial charge >= 0.3 is 0 Å². The monoisotopic (exact) mass is 314 g/mol. The Morgan fingerprint density at radius 2 is 2.09 bits per heavy atom. The van der Waals surface area contributed by atoms with Crippen LogP contribution < -0.4 is 0 Å². The van der Waals surface area contributed by atoms with Crippen LogP contribution in [0, 0.1) is 0 Å². The molecule has 1 aromatic carbocycles. The zero-order valence-electron chi connectivity index (χ0n) is 12.0. The van der Waals surface area contributed by atoms with E-state index >= 15 is 0 Å². The van der Waals surface area contributed by atoms with Crippen molar-refractivity contribution < 1.29 is 4.52 Å². The number of hydrogen-bond acceptors (Lipinski definition) is 7. The number of tetrazole rings is 1. The summed E-state index contributed by atoms with van der Waals surface area (Å²) in [6.07, 6.45) is 2.29. The lowest BCUT2D eigenvalue weighted by atomic mass is 10.2. The van der Waals surface area contributed by atoms with Gasteiger partial charge in [0, 0.05) is 5.56 Å². The standard InChI is InChI=1S/C14H14N6OS/c1-9(22-14-16-18-19-20(14)11-7-8-11)13-15-12(17-21-13)10-5-3-2-4-6-10/h2-6,9,11H,7-8H2,1H3. The van der Waals surface area contributed by atoms with Crippen molar-refractivity contribution in [2.75, 3.05) is 0 Å². The van der Waals surface area contributed by atoms with Gasteiger partial charge in [0.2, 0.25) is 16.9 Å². The van der Waals surface area contributed by atoms with Gasteiger partial charge in [0.05, 0.1) is 11.3 Å². The molecule has 1 aliphatic rings. The maximum Gasteiger partial charge on any atom is 0.240 e. The Kier molecular flexibility index (Phi) is 3.38. The Bertz CT molecular complexity index is 767. The minimum absolute atomic E-state index is 0.00605. The molecule has 4 rings (SSSR count). The minimum Gasteiger partial charge on any atom is -0.338 e. The van der Waals surface area contributed by atoms with Gasteiger partial charge in [-0.1, -0.05) is 47.3 Å². The largest absolute Gasteiger partial charge is 0.338 e. The summed E-state index contributed by atoms with van der Waals surface area (Å²) in [6, 6.07) is 10.2. The molecule has 1 saturated carbocycles. The Hall–Kier alpha value is -2.22. The third kappa shape index (κ3) is 2.61. The van der Waals surface area contributed by atoms with E-state index in [-0.39, 0.29) is 5.25 Å². The third-order valence-corrected chi connectivity index (χ3v) is 4.49. The van der Waals surface area contributed by atoms with Crippen molar-refractivity contribution in [2.45, 2.75) is 36.2 Å². The molecule has 8 heteroatoms. The molecule has 22 heavy (non-hydrogen) atoms. The van der Waals surface area contributed by atoms with E-state index in [4.69, 9.17) is 4.52 Å². The lowest BCUT2D eigenvalue weighted by molar-refractivity contribution is 0.380. The van der Waals surface area contributed by atoms with E-state index in [0.717, 1.165) is 23.6 Å². The molecule has 0 spiro atoms. The van der Waals surface area contributed by atoms with Crippen LogP contribution in [0.15, 0.2) is 40.0 Å². The van der Waals surface area contributed by atoms with E-state index in [9.17, 15) is 0 Å². The first kappa shape index (κ1) is 13.4. The van der Waals surface area contributed by atoms with Gasteiger partial charge in [-0.05, 0) is 30.2 Å². The van der Waals surface area contributed by atoms with E-state index < -0.39 is 0 Å². The second-order valence-electron chi connectivity index (χ2n) is 5.22. The van der Waals surface area contributed by atoms with Crippen LogP contribution in [0.25, 0.3) is 11.4 Å². The van der Waals surface area contributed by atoms with Gasteiger partial charge in [-0.2, -0.15) is 4.98 Å². The fourth-order valence-electron chi connectivity index (χ4n) is 2.12. The first-order chi connectivity index (χ1) is 10.8. The van der Waals surface area contributed by atoms with Gasteiger partial charge < -0.3 is 4.52 Å². The Morgan fingerprint density at radius 3 is 2.86 bits per heavy atom. The number of benzene rings is 1. The van der Waals surface area contributed by atoms with Crippen molar-refractivity contribution in [3.05, 3.63) is 36.2 Å². The molecule has 0 saturated heterocycles. The fourth-order valence-corrected chi connectivity index (χ4v) is 3.01. The van der Waals surface area contributed by atoms with Crippen molar-refractivity contribution in [1.29, 1.82) is 0 Å². The molecule has 1 aliphatic carbocycles. The molecule has 0 bridgehead atoms. The first-order valence-corrected chi connectivity index (χ1v) is 8.03. The second-order valence-corrected chi connectivity index (χ2v) is 6.53. The predicted octanol–water partition coefficient (Wildman–Crippen LogP) is 2.91. The molecule has 1 unspecified atom stereocenters. The summed E-state index contributed by atoms with van der Waals surface area (Å²) >= 11 is 1.54. The SMILES string of the molecule is CC(Sc1nnnn1C1CC1)c1nc(-c2ccccc2)no1. The summed E-state index contributed by atoms with van der Waals surface area (Å²) in [6.45, 7) is 2.01. The van der Waals surface area contributed by atoms with Crippen LogP contribution in [-0.2, 0) is 0 Å². The highest BCUT2D eigenvalue weighted by molar-refractivity contribution is 7.99. The molecule has 3 aromatic rings. The fraction of sp³-hybridized carbons (Fsp3) is 0.357. The van der Waals surface area contributed by atoms with E-state index in [1.165, 1.54) is 11.8 Å². The summed E-state index contributed by atoms with van der Waals surface area (Å²) in [5.74, 6) is 1.18. The highest BCUT2D eigenvalue weighted by Gasteiger charge is 2.29. The van der Waals surface area contributed by atoms with Gasteiger partial charge in [-0.3, -0.25) is 0 Å². The summed E-state index contributed by atoms with van der Waals surface area (Å²) in [5, 5.41) is 16.7. The van der Waals surface area contributed by atoms with E-state index in [0.29, 0.717) is 17.8 Å². The predicted molar refractivity (Wildman–Crippen MR) is 80.1 cm³/mol. The van der Waals surface area contributed by atoms with Gasteiger partial charge in [-0.25, -0.2) is 4.68 Å². The molecule has 0 radical (unpaired) electrons. The molecule has 2 aromatic heterocycles. The molecule has 1 fully saturated rings. The van der Waals surface area contributed by atoms with Crippen molar-refractivity contribution in [3.8, 4) is 11.4 Å². The van der Waals surface area contributed by atoms with E-state index in [2.05, 4.69) is 25.7 Å². The number of nitrogens with zero attached hydrogens (tertiary/aromatic N) is 6. The Balaban J connectivity index is 1.52. The number of hydrogen-bond donors (Lipinski definition) is 0. The van der Waals surface area contributed by atoms with E-state index in [1.807, 2.05) is 41.9 Å². The smallest absolute Gasteiger partial charge is 0.240 e. The van der Waals surface area contributed by atoms with Crippen molar-refractivity contribution >= 4 is 11.8 Å². The van der Waals surface area contributed by atoms with Crippen LogP contribution in [0.4, 0.5) is 0 Å². The minimum atomic E-state index is -0.00605. The average molecular weight is 314 g/mol. The number of rotatable bonds is 5. The zero-order valence-corrected chi connectivity index (χ0v) is 12.8. The summed E-state index contributed by atoms with van der Waals surface area (Å²) in [7, 11) is 0. The van der Waals surface area contributed by atoms with Crippen LogP contribution >= 0.6 is 11.8 Å². The van der Waals surface area contributed by atoms with Gasteiger partial charge in [0.25, 0.3) is 0 Å². The van der Waals surface area contributed by atoms with Crippen LogP contribution in [0.2, 0.25) is 0 Å². The second kappa shape index (κ2) is 5.53. The normalized spacial score (nSPS) is 15.9. The lowest BCUT2D eigenvalue weighted by Crippen LogP contribution is -2.00. The average Bonchev–Trinajstić information content (AvgIpc) is 3.09. The number of thioether (sulfide) groups is 1. The van der Waals surface area contributed by atoms with Gasteiger partial charge in [-0.15, -0.1) is 5.10 Å². The van der Waals surface area contributed by atoms with Crippen LogP contribution in [0.3, 0.4) is 0 Å². The Labute approximate surface area is 131 Å². The quantitative estimate of drug-likeness (QED) is 0.669. The maximum atomic E-state index is 5.39. The molecule has 112 valence electrons. The zero-order chi connectivity index (χ0) is 14.9. The molecular formula is C14H14N6OS. The summed E-state index contributed by atoms with van der Waals surface area (Å²) < 4.78 is 7.27. The molecule has 7 nitrogen and oxygen atoms in total.